The number of carbonyl (C=O) groups excluding carboxylic acids is 1. The van der Waals surface area contributed by atoms with Crippen molar-refractivity contribution in [1.29, 1.82) is 0 Å². The summed E-state index contributed by atoms with van der Waals surface area (Å²) in [5.74, 6) is 2.74. The van der Waals surface area contributed by atoms with Crippen LogP contribution < -0.4 is 10.1 Å². The third-order valence-electron chi connectivity index (χ3n) is 8.17. The highest BCUT2D eigenvalue weighted by Crippen LogP contribution is 2.37. The van der Waals surface area contributed by atoms with Crippen molar-refractivity contribution in [3.63, 3.8) is 0 Å². The van der Waals surface area contributed by atoms with E-state index in [2.05, 4.69) is 28.4 Å². The number of hydrogen-bond donors (Lipinski definition) is 1. The number of hydrogen-bond acceptors (Lipinski definition) is 5. The average Bonchev–Trinajstić information content (AvgIpc) is 3.34. The van der Waals surface area contributed by atoms with Crippen LogP contribution >= 0.6 is 0 Å². The molecule has 0 aromatic heterocycles. The summed E-state index contributed by atoms with van der Waals surface area (Å²) in [5, 5.41) is 3.24. The molecule has 1 aromatic carbocycles. The van der Waals surface area contributed by atoms with E-state index in [1.165, 1.54) is 57.3 Å². The molecule has 3 heterocycles. The minimum absolute atomic E-state index is 0.0737. The summed E-state index contributed by atoms with van der Waals surface area (Å²) in [7, 11) is 0. The zero-order valence-corrected chi connectivity index (χ0v) is 19.9. The van der Waals surface area contributed by atoms with Gasteiger partial charge in [0.15, 0.2) is 0 Å². The third-order valence-corrected chi connectivity index (χ3v) is 8.17. The molecule has 1 N–H and O–H groups in total. The van der Waals surface area contributed by atoms with Gasteiger partial charge in [-0.05, 0) is 88.0 Å². The van der Waals surface area contributed by atoms with Crippen LogP contribution in [-0.4, -0.2) is 69.0 Å². The van der Waals surface area contributed by atoms with Crippen LogP contribution in [-0.2, 0) is 20.7 Å². The second-order valence-corrected chi connectivity index (χ2v) is 10.4. The van der Waals surface area contributed by atoms with Crippen LogP contribution in [0.2, 0.25) is 0 Å². The van der Waals surface area contributed by atoms with Gasteiger partial charge in [-0.15, -0.1) is 0 Å². The van der Waals surface area contributed by atoms with E-state index in [0.29, 0.717) is 38.2 Å². The number of piperidine rings is 1. The fourth-order valence-electron chi connectivity index (χ4n) is 6.21. The van der Waals surface area contributed by atoms with E-state index in [4.69, 9.17) is 14.2 Å². The summed E-state index contributed by atoms with van der Waals surface area (Å²) in [5.41, 5.74) is 3.02. The van der Waals surface area contributed by atoms with Gasteiger partial charge < -0.3 is 24.4 Å². The van der Waals surface area contributed by atoms with Crippen molar-refractivity contribution in [3.8, 4) is 5.75 Å². The third kappa shape index (κ3) is 6.09. The highest BCUT2D eigenvalue weighted by molar-refractivity contribution is 5.76. The molecule has 1 aromatic rings. The van der Waals surface area contributed by atoms with Crippen LogP contribution in [0, 0.1) is 5.92 Å². The molecule has 0 spiro atoms. The Labute approximate surface area is 198 Å². The van der Waals surface area contributed by atoms with Gasteiger partial charge in [-0.3, -0.25) is 4.79 Å². The Morgan fingerprint density at radius 1 is 1.03 bits per heavy atom. The summed E-state index contributed by atoms with van der Waals surface area (Å²) < 4.78 is 16.8. The van der Waals surface area contributed by atoms with Gasteiger partial charge in [-0.25, -0.2) is 0 Å². The topological polar surface area (TPSA) is 60.0 Å². The number of carbonyl (C=O) groups is 1. The number of rotatable bonds is 7. The van der Waals surface area contributed by atoms with Gasteiger partial charge in [0.05, 0.1) is 39.0 Å². The molecule has 4 aliphatic rings. The number of fused-ring (bicyclic) bond motifs is 1. The van der Waals surface area contributed by atoms with E-state index in [1.54, 1.807) is 5.56 Å². The molecule has 1 aliphatic carbocycles. The summed E-state index contributed by atoms with van der Waals surface area (Å²) in [6.07, 6.45) is 9.97. The number of amides is 1. The first-order valence-corrected chi connectivity index (χ1v) is 13.2. The summed E-state index contributed by atoms with van der Waals surface area (Å²) in [6.45, 7) is 6.29. The predicted octanol–water partition coefficient (Wildman–Crippen LogP) is 3.67. The molecule has 182 valence electrons. The summed E-state index contributed by atoms with van der Waals surface area (Å²) in [4.78, 5) is 15.0. The molecule has 3 fully saturated rings. The van der Waals surface area contributed by atoms with Gasteiger partial charge >= 0.3 is 0 Å². The predicted molar refractivity (Wildman–Crippen MR) is 128 cm³/mol. The zero-order chi connectivity index (χ0) is 22.5. The Morgan fingerprint density at radius 3 is 2.67 bits per heavy atom. The van der Waals surface area contributed by atoms with Crippen LogP contribution in [0.5, 0.6) is 5.75 Å². The maximum Gasteiger partial charge on any atom is 0.222 e. The minimum atomic E-state index is -0.0737. The number of nitrogens with one attached hydrogen (secondary N) is 1. The SMILES string of the molecule is O=C(C[C@@H]1COCCO1)N[C@H]1CC[C@H](CCN2CCC(c3cccc4c3CCO4)CC2)CC1. The maximum atomic E-state index is 12.3. The first-order chi connectivity index (χ1) is 16.2. The molecule has 0 radical (unpaired) electrons. The van der Waals surface area contributed by atoms with Crippen molar-refractivity contribution in [2.45, 2.75) is 75.9 Å². The monoisotopic (exact) mass is 456 g/mol. The molecule has 1 saturated carbocycles. The van der Waals surface area contributed by atoms with E-state index in [1.807, 2.05) is 0 Å². The molecule has 1 atom stereocenters. The van der Waals surface area contributed by atoms with Crippen molar-refractivity contribution in [2.75, 3.05) is 46.1 Å². The van der Waals surface area contributed by atoms with Crippen molar-refractivity contribution in [1.82, 2.24) is 10.2 Å². The molecular weight excluding hydrogens is 416 g/mol. The molecule has 3 aliphatic heterocycles. The van der Waals surface area contributed by atoms with Gasteiger partial charge in [-0.1, -0.05) is 12.1 Å². The van der Waals surface area contributed by atoms with E-state index < -0.39 is 0 Å². The number of benzene rings is 1. The molecule has 33 heavy (non-hydrogen) atoms. The fourth-order valence-corrected chi connectivity index (χ4v) is 6.21. The van der Waals surface area contributed by atoms with Gasteiger partial charge in [-0.2, -0.15) is 0 Å². The molecule has 5 rings (SSSR count). The van der Waals surface area contributed by atoms with Crippen molar-refractivity contribution in [2.24, 2.45) is 5.92 Å². The number of nitrogens with zero attached hydrogens (tertiary/aromatic N) is 1. The van der Waals surface area contributed by atoms with Crippen LogP contribution in [0.25, 0.3) is 0 Å². The largest absolute Gasteiger partial charge is 0.493 e. The highest BCUT2D eigenvalue weighted by Gasteiger charge is 2.28. The molecule has 6 nitrogen and oxygen atoms in total. The van der Waals surface area contributed by atoms with Crippen LogP contribution in [0.3, 0.4) is 0 Å². The van der Waals surface area contributed by atoms with E-state index >= 15 is 0 Å². The lowest BCUT2D eigenvalue weighted by atomic mass is 9.83. The fraction of sp³-hybridized carbons (Fsp3) is 0.741. The number of ether oxygens (including phenoxy) is 3. The van der Waals surface area contributed by atoms with Gasteiger partial charge in [0.2, 0.25) is 5.91 Å². The van der Waals surface area contributed by atoms with Gasteiger partial charge in [0, 0.05) is 18.0 Å². The normalized spacial score (nSPS) is 28.8. The molecule has 2 saturated heterocycles. The Morgan fingerprint density at radius 2 is 1.88 bits per heavy atom. The van der Waals surface area contributed by atoms with Crippen molar-refractivity contribution < 1.29 is 19.0 Å². The molecule has 6 heteroatoms. The second kappa shape index (κ2) is 11.2. The van der Waals surface area contributed by atoms with E-state index in [0.717, 1.165) is 37.5 Å². The lowest BCUT2D eigenvalue weighted by Crippen LogP contribution is -2.41. The van der Waals surface area contributed by atoms with Crippen molar-refractivity contribution >= 4 is 5.91 Å². The average molecular weight is 457 g/mol. The van der Waals surface area contributed by atoms with E-state index in [9.17, 15) is 4.79 Å². The number of likely N-dealkylation sites (tertiary alicyclic amines) is 1. The lowest BCUT2D eigenvalue weighted by Gasteiger charge is -2.35. The second-order valence-electron chi connectivity index (χ2n) is 10.4. The molecule has 1 amide bonds. The first-order valence-electron chi connectivity index (χ1n) is 13.2. The summed E-state index contributed by atoms with van der Waals surface area (Å²) in [6, 6.07) is 6.97. The smallest absolute Gasteiger partial charge is 0.222 e. The van der Waals surface area contributed by atoms with Crippen LogP contribution in [0.1, 0.15) is 68.4 Å². The van der Waals surface area contributed by atoms with Crippen LogP contribution in [0.4, 0.5) is 0 Å². The van der Waals surface area contributed by atoms with Gasteiger partial charge in [0.25, 0.3) is 0 Å². The molecular formula is C27H40N2O4. The lowest BCUT2D eigenvalue weighted by molar-refractivity contribution is -0.132. The Hall–Kier alpha value is -1.63. The molecule has 0 unspecified atom stereocenters. The highest BCUT2D eigenvalue weighted by atomic mass is 16.6. The minimum Gasteiger partial charge on any atom is -0.493 e. The zero-order valence-electron chi connectivity index (χ0n) is 19.9. The first kappa shape index (κ1) is 23.1. The van der Waals surface area contributed by atoms with E-state index in [-0.39, 0.29) is 12.0 Å². The Balaban J connectivity index is 0.980. The summed E-state index contributed by atoms with van der Waals surface area (Å²) >= 11 is 0. The van der Waals surface area contributed by atoms with Crippen molar-refractivity contribution in [3.05, 3.63) is 29.3 Å². The molecule has 0 bridgehead atoms. The van der Waals surface area contributed by atoms with Gasteiger partial charge in [0.1, 0.15) is 5.75 Å². The Kier molecular flexibility index (Phi) is 7.85. The maximum absolute atomic E-state index is 12.3. The Bertz CT molecular complexity index is 778. The van der Waals surface area contributed by atoms with Crippen LogP contribution in [0.15, 0.2) is 18.2 Å². The quantitative estimate of drug-likeness (QED) is 0.678. The standard InChI is InChI=1S/C27H40N2O4/c30-27(18-23-19-31-16-17-32-23)28-22-6-4-20(5-7-22)8-12-29-13-9-21(10-14-29)24-2-1-3-26-25(24)11-15-33-26/h1-3,20-23H,4-19H2,(H,28,30)/t20-,22-,23-/m1/s1.